The molecule has 0 radical (unpaired) electrons. The van der Waals surface area contributed by atoms with Crippen molar-refractivity contribution in [2.24, 2.45) is 21.7 Å². The Hall–Kier alpha value is -2.87. The van der Waals surface area contributed by atoms with Crippen molar-refractivity contribution in [3.63, 3.8) is 0 Å². The molecule has 25 heavy (non-hydrogen) atoms. The van der Waals surface area contributed by atoms with Gasteiger partial charge in [0.05, 0.1) is 32.4 Å². The maximum atomic E-state index is 5.43. The number of methoxy groups -OCH3 is 3. The first-order valence-electron chi connectivity index (χ1n) is 7.27. The number of benzene rings is 2. The second kappa shape index (κ2) is 8.84. The lowest BCUT2D eigenvalue weighted by Gasteiger charge is -2.12. The molecule has 0 amide bonds. The van der Waals surface area contributed by atoms with Crippen LogP contribution in [0.1, 0.15) is 5.56 Å². The largest absolute Gasteiger partial charge is 0.497 e. The Morgan fingerprint density at radius 2 is 1.56 bits per heavy atom. The molecule has 0 aliphatic rings. The summed E-state index contributed by atoms with van der Waals surface area (Å²) < 4.78 is 16.0. The topological polar surface area (TPSA) is 104 Å². The lowest BCUT2D eigenvalue weighted by atomic mass is 10.2. The van der Waals surface area contributed by atoms with Crippen molar-refractivity contribution in [2.45, 2.75) is 9.79 Å². The minimum Gasteiger partial charge on any atom is -0.497 e. The predicted octanol–water partition coefficient (Wildman–Crippen LogP) is 2.47. The monoisotopic (exact) mass is 360 g/mol. The second-order valence-corrected chi connectivity index (χ2v) is 5.88. The number of ether oxygens (including phenoxy) is 3. The van der Waals surface area contributed by atoms with Gasteiger partial charge in [-0.25, -0.2) is 0 Å². The summed E-state index contributed by atoms with van der Waals surface area (Å²) in [5, 5.41) is 7.51. The van der Waals surface area contributed by atoms with Crippen molar-refractivity contribution in [1.29, 1.82) is 0 Å². The van der Waals surface area contributed by atoms with Crippen LogP contribution in [-0.2, 0) is 0 Å². The summed E-state index contributed by atoms with van der Waals surface area (Å²) in [6.07, 6.45) is 1.58. The van der Waals surface area contributed by atoms with Gasteiger partial charge in [0.15, 0.2) is 0 Å². The first-order chi connectivity index (χ1) is 12.1. The lowest BCUT2D eigenvalue weighted by Crippen LogP contribution is -2.21. The van der Waals surface area contributed by atoms with E-state index in [0.29, 0.717) is 0 Å². The Labute approximate surface area is 150 Å². The van der Waals surface area contributed by atoms with Crippen molar-refractivity contribution in [3.05, 3.63) is 42.0 Å². The third-order valence-electron chi connectivity index (χ3n) is 3.18. The highest BCUT2D eigenvalue weighted by atomic mass is 32.2. The molecule has 132 valence electrons. The molecule has 0 saturated heterocycles. The molecule has 0 bridgehead atoms. The van der Waals surface area contributed by atoms with E-state index in [2.05, 4.69) is 10.2 Å². The van der Waals surface area contributed by atoms with Gasteiger partial charge in [-0.15, -0.1) is 5.10 Å². The van der Waals surface area contributed by atoms with Crippen molar-refractivity contribution >= 4 is 23.9 Å². The average Bonchev–Trinajstić information content (AvgIpc) is 2.62. The fourth-order valence-electron chi connectivity index (χ4n) is 1.98. The van der Waals surface area contributed by atoms with Gasteiger partial charge in [0.2, 0.25) is 5.96 Å². The minimum absolute atomic E-state index is 0.103. The smallest absolute Gasteiger partial charge is 0.211 e. The Morgan fingerprint density at radius 1 is 0.920 bits per heavy atom. The zero-order valence-corrected chi connectivity index (χ0v) is 15.0. The quantitative estimate of drug-likeness (QED) is 0.446. The molecule has 2 aromatic rings. The summed E-state index contributed by atoms with van der Waals surface area (Å²) >= 11 is 1.50. The van der Waals surface area contributed by atoms with Crippen LogP contribution < -0.4 is 25.7 Å². The van der Waals surface area contributed by atoms with Crippen LogP contribution in [0, 0.1) is 0 Å². The highest BCUT2D eigenvalue weighted by Crippen LogP contribution is 2.39. The van der Waals surface area contributed by atoms with Crippen LogP contribution in [0.25, 0.3) is 0 Å². The summed E-state index contributed by atoms with van der Waals surface area (Å²) in [6.45, 7) is 0. The maximum Gasteiger partial charge on any atom is 0.211 e. The van der Waals surface area contributed by atoms with Crippen molar-refractivity contribution in [1.82, 2.24) is 0 Å². The maximum absolute atomic E-state index is 5.43. The van der Waals surface area contributed by atoms with Gasteiger partial charge >= 0.3 is 0 Å². The average molecular weight is 360 g/mol. The standard InChI is InChI=1S/C17H20N4O3S/c1-22-12-5-4-11(10-20-21-17(18)19)15(8-12)25-16-9-13(23-2)6-7-14(16)24-3/h4-10H,1-3H3,(H4,18,19,21)/b20-10+. The van der Waals surface area contributed by atoms with Gasteiger partial charge in [-0.05, 0) is 36.4 Å². The predicted molar refractivity (Wildman–Crippen MR) is 100 cm³/mol. The molecular weight excluding hydrogens is 340 g/mol. The summed E-state index contributed by atoms with van der Waals surface area (Å²) in [5.74, 6) is 2.10. The SMILES string of the molecule is COc1ccc(/C=N/N=C(N)N)c(Sc2cc(OC)ccc2OC)c1. The first-order valence-corrected chi connectivity index (χ1v) is 8.09. The van der Waals surface area contributed by atoms with Crippen molar-refractivity contribution in [2.75, 3.05) is 21.3 Å². The molecule has 0 fully saturated rings. The number of rotatable bonds is 7. The summed E-state index contributed by atoms with van der Waals surface area (Å²) in [5.41, 5.74) is 11.4. The third-order valence-corrected chi connectivity index (χ3v) is 4.29. The Kier molecular flexibility index (Phi) is 6.53. The van der Waals surface area contributed by atoms with Gasteiger partial charge in [0.1, 0.15) is 17.2 Å². The van der Waals surface area contributed by atoms with E-state index in [-0.39, 0.29) is 5.96 Å². The molecule has 0 heterocycles. The van der Waals surface area contributed by atoms with Crippen LogP contribution in [0.2, 0.25) is 0 Å². The molecule has 0 saturated carbocycles. The zero-order valence-electron chi connectivity index (χ0n) is 14.2. The van der Waals surface area contributed by atoms with E-state index >= 15 is 0 Å². The molecule has 0 aliphatic carbocycles. The Bertz CT molecular complexity index is 789. The molecule has 4 N–H and O–H groups in total. The number of guanidine groups is 1. The highest BCUT2D eigenvalue weighted by Gasteiger charge is 2.11. The Balaban J connectivity index is 2.43. The van der Waals surface area contributed by atoms with Gasteiger partial charge in [-0.2, -0.15) is 5.10 Å². The van der Waals surface area contributed by atoms with Gasteiger partial charge in [-0.1, -0.05) is 11.8 Å². The summed E-state index contributed by atoms with van der Waals surface area (Å²) in [6, 6.07) is 11.2. The molecule has 0 aromatic heterocycles. The number of nitrogens with zero attached hydrogens (tertiary/aromatic N) is 2. The van der Waals surface area contributed by atoms with Crippen LogP contribution >= 0.6 is 11.8 Å². The molecule has 8 heteroatoms. The third kappa shape index (κ3) is 5.05. The lowest BCUT2D eigenvalue weighted by molar-refractivity contribution is 0.394. The summed E-state index contributed by atoms with van der Waals surface area (Å²) in [4.78, 5) is 1.80. The van der Waals surface area contributed by atoms with Crippen LogP contribution in [0.3, 0.4) is 0 Å². The van der Waals surface area contributed by atoms with Crippen LogP contribution in [-0.4, -0.2) is 33.5 Å². The van der Waals surface area contributed by atoms with Crippen LogP contribution in [0.5, 0.6) is 17.2 Å². The van der Waals surface area contributed by atoms with Gasteiger partial charge in [-0.3, -0.25) is 0 Å². The normalized spacial score (nSPS) is 10.5. The Morgan fingerprint density at radius 3 is 2.16 bits per heavy atom. The van der Waals surface area contributed by atoms with E-state index in [9.17, 15) is 0 Å². The fourth-order valence-corrected chi connectivity index (χ4v) is 3.05. The van der Waals surface area contributed by atoms with Crippen molar-refractivity contribution < 1.29 is 14.2 Å². The van der Waals surface area contributed by atoms with Gasteiger partial charge in [0.25, 0.3) is 0 Å². The summed E-state index contributed by atoms with van der Waals surface area (Å²) in [7, 11) is 4.86. The van der Waals surface area contributed by atoms with E-state index < -0.39 is 0 Å². The van der Waals surface area contributed by atoms with Gasteiger partial charge in [0, 0.05) is 10.5 Å². The number of hydrogen-bond donors (Lipinski definition) is 2. The first kappa shape index (κ1) is 18.5. The molecular formula is C17H20N4O3S. The molecule has 0 aliphatic heterocycles. The number of nitrogens with two attached hydrogens (primary N) is 2. The fraction of sp³-hybridized carbons (Fsp3) is 0.176. The minimum atomic E-state index is -0.103. The molecule has 0 unspecified atom stereocenters. The van der Waals surface area contributed by atoms with E-state index in [1.54, 1.807) is 27.5 Å². The molecule has 2 rings (SSSR count). The number of hydrogen-bond acceptors (Lipinski definition) is 6. The highest BCUT2D eigenvalue weighted by molar-refractivity contribution is 7.99. The van der Waals surface area contributed by atoms with Crippen LogP contribution in [0.4, 0.5) is 0 Å². The second-order valence-electron chi connectivity index (χ2n) is 4.79. The molecule has 2 aromatic carbocycles. The van der Waals surface area contributed by atoms with E-state index in [1.165, 1.54) is 11.8 Å². The molecule has 7 nitrogen and oxygen atoms in total. The van der Waals surface area contributed by atoms with E-state index in [4.69, 9.17) is 25.7 Å². The van der Waals surface area contributed by atoms with Gasteiger partial charge < -0.3 is 25.7 Å². The van der Waals surface area contributed by atoms with E-state index in [1.807, 2.05) is 36.4 Å². The molecule has 0 spiro atoms. The van der Waals surface area contributed by atoms with E-state index in [0.717, 1.165) is 32.6 Å². The zero-order chi connectivity index (χ0) is 18.2. The van der Waals surface area contributed by atoms with Crippen molar-refractivity contribution in [3.8, 4) is 17.2 Å². The molecule has 0 atom stereocenters. The van der Waals surface area contributed by atoms with Crippen LogP contribution in [0.15, 0.2) is 56.4 Å².